The van der Waals surface area contributed by atoms with E-state index in [1.54, 1.807) is 6.92 Å². The lowest BCUT2D eigenvalue weighted by molar-refractivity contribution is -0.142. The average Bonchev–Trinajstić information content (AvgIpc) is 1.97. The Kier molecular flexibility index (Phi) is 4.90. The van der Waals surface area contributed by atoms with Gasteiger partial charge in [-0.05, 0) is 19.8 Å². The topological polar surface area (TPSA) is 52.3 Å². The highest BCUT2D eigenvalue weighted by Gasteiger charge is 2.21. The minimum Gasteiger partial charge on any atom is -0.468 e. The summed E-state index contributed by atoms with van der Waals surface area (Å²) in [7, 11) is 1.29. The zero-order valence-corrected chi connectivity index (χ0v) is 8.65. The number of halogens is 2. The summed E-state index contributed by atoms with van der Waals surface area (Å²) in [4.78, 5) is 10.8. The van der Waals surface area contributed by atoms with Crippen LogP contribution in [0.4, 0.5) is 0 Å². The SMILES string of the molecule is COC(=O)[C@@H](N)CCC(C)(Cl)Cl. The Bertz CT molecular complexity index is 156. The first-order valence-electron chi connectivity index (χ1n) is 3.58. The maximum absolute atomic E-state index is 10.8. The maximum atomic E-state index is 10.8. The van der Waals surface area contributed by atoms with Crippen LogP contribution in [-0.4, -0.2) is 23.5 Å². The number of alkyl halides is 2. The Balaban J connectivity index is 3.72. The summed E-state index contributed by atoms with van der Waals surface area (Å²) in [6.07, 6.45) is 0.891. The summed E-state index contributed by atoms with van der Waals surface area (Å²) in [5, 5.41) is 0. The predicted octanol–water partition coefficient (Wildman–Crippen LogP) is 1.46. The summed E-state index contributed by atoms with van der Waals surface area (Å²) in [6, 6.07) is -0.633. The molecule has 0 aromatic carbocycles. The second-order valence-corrected chi connectivity index (χ2v) is 4.60. The molecule has 0 saturated heterocycles. The number of carbonyl (C=O) groups is 1. The van der Waals surface area contributed by atoms with E-state index in [1.807, 2.05) is 0 Å². The second kappa shape index (κ2) is 4.90. The van der Waals surface area contributed by atoms with Crippen molar-refractivity contribution in [2.45, 2.75) is 30.1 Å². The van der Waals surface area contributed by atoms with Gasteiger partial charge in [0.1, 0.15) is 10.4 Å². The van der Waals surface area contributed by atoms with Gasteiger partial charge in [0.15, 0.2) is 0 Å². The van der Waals surface area contributed by atoms with Gasteiger partial charge in [-0.2, -0.15) is 0 Å². The lowest BCUT2D eigenvalue weighted by Crippen LogP contribution is -2.32. The third-order valence-corrected chi connectivity index (χ3v) is 1.78. The summed E-state index contributed by atoms with van der Waals surface area (Å²) < 4.78 is 3.60. The molecule has 0 aliphatic heterocycles. The fourth-order valence-corrected chi connectivity index (χ4v) is 0.896. The Morgan fingerprint density at radius 1 is 1.67 bits per heavy atom. The van der Waals surface area contributed by atoms with Gasteiger partial charge in [0.05, 0.1) is 7.11 Å². The molecule has 0 amide bonds. The van der Waals surface area contributed by atoms with Crippen LogP contribution < -0.4 is 5.73 Å². The van der Waals surface area contributed by atoms with Gasteiger partial charge in [-0.25, -0.2) is 0 Å². The van der Waals surface area contributed by atoms with E-state index < -0.39 is 16.3 Å². The van der Waals surface area contributed by atoms with E-state index in [-0.39, 0.29) is 0 Å². The van der Waals surface area contributed by atoms with Crippen molar-refractivity contribution in [2.24, 2.45) is 5.73 Å². The van der Waals surface area contributed by atoms with Crippen LogP contribution in [-0.2, 0) is 9.53 Å². The van der Waals surface area contributed by atoms with E-state index in [0.29, 0.717) is 12.8 Å². The van der Waals surface area contributed by atoms with E-state index in [4.69, 9.17) is 28.9 Å². The third kappa shape index (κ3) is 5.63. The second-order valence-electron chi connectivity index (χ2n) is 2.74. The van der Waals surface area contributed by atoms with Crippen LogP contribution in [0.15, 0.2) is 0 Å². The van der Waals surface area contributed by atoms with Gasteiger partial charge in [-0.15, -0.1) is 23.2 Å². The molecule has 0 aliphatic carbocycles. The number of hydrogen-bond acceptors (Lipinski definition) is 3. The van der Waals surface area contributed by atoms with Crippen LogP contribution in [0.25, 0.3) is 0 Å². The normalized spacial score (nSPS) is 14.1. The van der Waals surface area contributed by atoms with Gasteiger partial charge in [-0.1, -0.05) is 0 Å². The maximum Gasteiger partial charge on any atom is 0.322 e. The van der Waals surface area contributed by atoms with E-state index in [9.17, 15) is 4.79 Å². The van der Waals surface area contributed by atoms with Gasteiger partial charge < -0.3 is 10.5 Å². The summed E-state index contributed by atoms with van der Waals surface area (Å²) in [6.45, 7) is 1.65. The number of rotatable bonds is 4. The van der Waals surface area contributed by atoms with E-state index in [2.05, 4.69) is 4.74 Å². The summed E-state index contributed by atoms with van der Waals surface area (Å²) >= 11 is 11.4. The molecular weight excluding hydrogens is 201 g/mol. The zero-order valence-electron chi connectivity index (χ0n) is 7.14. The smallest absolute Gasteiger partial charge is 0.322 e. The molecule has 0 fully saturated rings. The average molecular weight is 214 g/mol. The largest absolute Gasteiger partial charge is 0.468 e. The van der Waals surface area contributed by atoms with Crippen LogP contribution in [0.1, 0.15) is 19.8 Å². The van der Waals surface area contributed by atoms with Crippen molar-refractivity contribution < 1.29 is 9.53 Å². The fourth-order valence-electron chi connectivity index (χ4n) is 0.678. The number of esters is 1. The van der Waals surface area contributed by atoms with Crippen LogP contribution in [0.3, 0.4) is 0 Å². The monoisotopic (exact) mass is 213 g/mol. The number of nitrogens with two attached hydrogens (primary N) is 1. The first-order valence-corrected chi connectivity index (χ1v) is 4.33. The molecule has 12 heavy (non-hydrogen) atoms. The molecule has 0 saturated carbocycles. The quantitative estimate of drug-likeness (QED) is 0.569. The molecule has 1 atom stereocenters. The number of hydrogen-bond donors (Lipinski definition) is 1. The Morgan fingerprint density at radius 3 is 2.50 bits per heavy atom. The molecule has 3 nitrogen and oxygen atoms in total. The highest BCUT2D eigenvalue weighted by Crippen LogP contribution is 2.25. The van der Waals surface area contributed by atoms with Crippen molar-refractivity contribution in [1.82, 2.24) is 0 Å². The Hall–Kier alpha value is 0.01000. The predicted molar refractivity (Wildman–Crippen MR) is 49.3 cm³/mol. The van der Waals surface area contributed by atoms with Crippen LogP contribution in [0.5, 0.6) is 0 Å². The van der Waals surface area contributed by atoms with Crippen molar-refractivity contribution in [3.8, 4) is 0 Å². The minimum absolute atomic E-state index is 0.427. The van der Waals surface area contributed by atoms with Crippen molar-refractivity contribution in [2.75, 3.05) is 7.11 Å². The molecule has 2 N–H and O–H groups in total. The molecule has 0 unspecified atom stereocenters. The first kappa shape index (κ1) is 12.0. The number of carbonyl (C=O) groups excluding carboxylic acids is 1. The minimum atomic E-state index is -0.828. The Morgan fingerprint density at radius 2 is 2.17 bits per heavy atom. The summed E-state index contributed by atoms with van der Waals surface area (Å²) in [5.74, 6) is -0.437. The standard InChI is InChI=1S/C7H13Cl2NO2/c1-7(8,9)4-3-5(10)6(11)12-2/h5H,3-4,10H2,1-2H3/t5-/m0/s1. The van der Waals surface area contributed by atoms with Crippen molar-refractivity contribution in [1.29, 1.82) is 0 Å². The van der Waals surface area contributed by atoms with Gasteiger partial charge in [0, 0.05) is 0 Å². The molecule has 72 valence electrons. The van der Waals surface area contributed by atoms with Gasteiger partial charge in [0.25, 0.3) is 0 Å². The lowest BCUT2D eigenvalue weighted by atomic mass is 10.1. The number of ether oxygens (including phenoxy) is 1. The molecule has 0 spiro atoms. The van der Waals surface area contributed by atoms with Crippen LogP contribution >= 0.6 is 23.2 Å². The molecule has 0 aromatic rings. The van der Waals surface area contributed by atoms with E-state index in [0.717, 1.165) is 0 Å². The number of methoxy groups -OCH3 is 1. The molecule has 5 heteroatoms. The van der Waals surface area contributed by atoms with Crippen molar-refractivity contribution >= 4 is 29.2 Å². The molecule has 0 aliphatic rings. The van der Waals surface area contributed by atoms with Crippen LogP contribution in [0, 0.1) is 0 Å². The summed E-state index contributed by atoms with van der Waals surface area (Å²) in [5.41, 5.74) is 5.44. The molecule has 0 aromatic heterocycles. The van der Waals surface area contributed by atoms with E-state index >= 15 is 0 Å². The molecule has 0 radical (unpaired) electrons. The van der Waals surface area contributed by atoms with E-state index in [1.165, 1.54) is 7.11 Å². The van der Waals surface area contributed by atoms with Gasteiger partial charge in [-0.3, -0.25) is 4.79 Å². The Labute approximate surface area is 82.2 Å². The van der Waals surface area contributed by atoms with Gasteiger partial charge >= 0.3 is 5.97 Å². The highest BCUT2D eigenvalue weighted by molar-refractivity contribution is 6.48. The van der Waals surface area contributed by atoms with Gasteiger partial charge in [0.2, 0.25) is 0 Å². The molecule has 0 heterocycles. The van der Waals surface area contributed by atoms with Crippen molar-refractivity contribution in [3.05, 3.63) is 0 Å². The molecule has 0 bridgehead atoms. The third-order valence-electron chi connectivity index (χ3n) is 1.40. The lowest BCUT2D eigenvalue weighted by Gasteiger charge is -2.15. The first-order chi connectivity index (χ1) is 5.37. The fraction of sp³-hybridized carbons (Fsp3) is 0.857. The molecule has 0 rings (SSSR count). The van der Waals surface area contributed by atoms with Crippen molar-refractivity contribution in [3.63, 3.8) is 0 Å². The zero-order chi connectivity index (χ0) is 9.78. The highest BCUT2D eigenvalue weighted by atomic mass is 35.5. The molecular formula is C7H13Cl2NO2. The van der Waals surface area contributed by atoms with Crippen LogP contribution in [0.2, 0.25) is 0 Å².